The molecule has 1 aromatic carbocycles. The van der Waals surface area contributed by atoms with E-state index < -0.39 is 10.1 Å². The van der Waals surface area contributed by atoms with Crippen molar-refractivity contribution in [1.29, 1.82) is 0 Å². The van der Waals surface area contributed by atoms with Crippen molar-refractivity contribution < 1.29 is 33.3 Å². The van der Waals surface area contributed by atoms with Gasteiger partial charge in [0.2, 0.25) is 0 Å². The molecule has 0 saturated carbocycles. The predicted octanol–water partition coefficient (Wildman–Crippen LogP) is -0.998. The number of hydrogen-bond donors (Lipinski definition) is 1. The Hall–Kier alpha value is -0.273. The van der Waals surface area contributed by atoms with Crippen LogP contribution in [-0.4, -0.2) is 13.0 Å². The minimum Gasteiger partial charge on any atom is -1.00 e. The van der Waals surface area contributed by atoms with E-state index >= 15 is 0 Å². The summed E-state index contributed by atoms with van der Waals surface area (Å²) in [6, 6.07) is 6.36. The first kappa shape index (κ1) is 13.7. The minimum absolute atomic E-state index is 0. The van der Waals surface area contributed by atoms with Crippen LogP contribution in [0.25, 0.3) is 0 Å². The van der Waals surface area contributed by atoms with Crippen molar-refractivity contribution in [3.63, 3.8) is 0 Å². The van der Waals surface area contributed by atoms with E-state index in [0.29, 0.717) is 0 Å². The Bertz CT molecular complexity index is 392. The standard InChI is InChI=1S/C9H12O3S.Li.H/c1-2-4-8-5-3-6-9(7-8)13(10,11)12;;/h3,5-7H,2,4H2,1H3,(H,10,11,12);;/q;+1;-1. The summed E-state index contributed by atoms with van der Waals surface area (Å²) in [4.78, 5) is -0.0292. The summed E-state index contributed by atoms with van der Waals surface area (Å²) in [7, 11) is -4.04. The van der Waals surface area contributed by atoms with E-state index in [1.165, 1.54) is 12.1 Å². The van der Waals surface area contributed by atoms with Gasteiger partial charge in [0, 0.05) is 0 Å². The van der Waals surface area contributed by atoms with Gasteiger partial charge in [-0.3, -0.25) is 4.55 Å². The van der Waals surface area contributed by atoms with Crippen molar-refractivity contribution in [2.75, 3.05) is 0 Å². The Balaban J connectivity index is 0. The summed E-state index contributed by atoms with van der Waals surface area (Å²) in [5.74, 6) is 0. The van der Waals surface area contributed by atoms with Gasteiger partial charge in [-0.05, 0) is 24.1 Å². The third-order valence-electron chi connectivity index (χ3n) is 1.73. The van der Waals surface area contributed by atoms with E-state index in [9.17, 15) is 8.42 Å². The number of hydrogen-bond acceptors (Lipinski definition) is 2. The summed E-state index contributed by atoms with van der Waals surface area (Å²) in [6.45, 7) is 2.01. The summed E-state index contributed by atoms with van der Waals surface area (Å²) >= 11 is 0. The molecule has 74 valence electrons. The Morgan fingerprint density at radius 1 is 1.43 bits per heavy atom. The summed E-state index contributed by atoms with van der Waals surface area (Å²) in [6.07, 6.45) is 1.78. The first-order valence-corrected chi connectivity index (χ1v) is 5.54. The van der Waals surface area contributed by atoms with Crippen LogP contribution in [0.15, 0.2) is 29.2 Å². The van der Waals surface area contributed by atoms with E-state index in [2.05, 4.69) is 0 Å². The molecule has 1 aromatic rings. The van der Waals surface area contributed by atoms with Gasteiger partial charge in [0.1, 0.15) is 0 Å². The summed E-state index contributed by atoms with van der Waals surface area (Å²) in [5.41, 5.74) is 0.928. The molecule has 0 radical (unpaired) electrons. The minimum atomic E-state index is -4.04. The third kappa shape index (κ3) is 3.85. The molecule has 0 heterocycles. The molecule has 0 bridgehead atoms. The fourth-order valence-electron chi connectivity index (χ4n) is 1.15. The molecular formula is C9H13LiO3S. The van der Waals surface area contributed by atoms with E-state index in [4.69, 9.17) is 4.55 Å². The first-order chi connectivity index (χ1) is 6.04. The first-order valence-electron chi connectivity index (χ1n) is 4.10. The van der Waals surface area contributed by atoms with Gasteiger partial charge in [-0.25, -0.2) is 0 Å². The van der Waals surface area contributed by atoms with Crippen LogP contribution in [0.2, 0.25) is 0 Å². The zero-order valence-corrected chi connectivity index (χ0v) is 9.21. The van der Waals surface area contributed by atoms with E-state index in [1.807, 2.05) is 13.0 Å². The number of aryl methyl sites for hydroxylation is 1. The van der Waals surface area contributed by atoms with E-state index in [1.54, 1.807) is 6.07 Å². The van der Waals surface area contributed by atoms with Crippen molar-refractivity contribution >= 4 is 10.1 Å². The van der Waals surface area contributed by atoms with Crippen LogP contribution >= 0.6 is 0 Å². The van der Waals surface area contributed by atoms with E-state index in [-0.39, 0.29) is 25.2 Å². The Kier molecular flexibility index (Phi) is 5.46. The molecule has 0 unspecified atom stereocenters. The molecule has 0 amide bonds. The van der Waals surface area contributed by atoms with Crippen molar-refractivity contribution in [3.8, 4) is 0 Å². The van der Waals surface area contributed by atoms with Gasteiger partial charge in [0.15, 0.2) is 0 Å². The molecule has 14 heavy (non-hydrogen) atoms. The second-order valence-corrected chi connectivity index (χ2v) is 4.29. The monoisotopic (exact) mass is 208 g/mol. The van der Waals surface area contributed by atoms with Crippen LogP contribution in [0.1, 0.15) is 20.3 Å². The Morgan fingerprint density at radius 2 is 2.07 bits per heavy atom. The molecule has 0 fully saturated rings. The molecule has 5 heteroatoms. The zero-order valence-electron chi connectivity index (χ0n) is 9.40. The molecule has 0 aliphatic rings. The molecule has 3 nitrogen and oxygen atoms in total. The molecule has 0 aliphatic carbocycles. The van der Waals surface area contributed by atoms with Crippen LogP contribution in [0.5, 0.6) is 0 Å². The smallest absolute Gasteiger partial charge is 1.00 e. The van der Waals surface area contributed by atoms with Crippen LogP contribution < -0.4 is 18.9 Å². The normalized spacial score (nSPS) is 10.7. The molecule has 0 atom stereocenters. The van der Waals surface area contributed by atoms with Gasteiger partial charge in [-0.2, -0.15) is 8.42 Å². The second-order valence-electron chi connectivity index (χ2n) is 2.87. The fourth-order valence-corrected chi connectivity index (χ4v) is 1.70. The Morgan fingerprint density at radius 3 is 2.57 bits per heavy atom. The average molecular weight is 208 g/mol. The Labute approximate surface area is 97.9 Å². The number of rotatable bonds is 3. The molecule has 0 spiro atoms. The van der Waals surface area contributed by atoms with Crippen LogP contribution in [0.3, 0.4) is 0 Å². The predicted molar refractivity (Wildman–Crippen MR) is 51.4 cm³/mol. The van der Waals surface area contributed by atoms with Gasteiger partial charge in [-0.1, -0.05) is 25.5 Å². The fraction of sp³-hybridized carbons (Fsp3) is 0.333. The van der Waals surface area contributed by atoms with Gasteiger partial charge < -0.3 is 1.43 Å². The maximum absolute atomic E-state index is 10.7. The molecule has 0 aromatic heterocycles. The maximum Gasteiger partial charge on any atom is 1.00 e. The van der Waals surface area contributed by atoms with Gasteiger partial charge in [0.05, 0.1) is 4.90 Å². The zero-order chi connectivity index (χ0) is 9.90. The van der Waals surface area contributed by atoms with Crippen molar-refractivity contribution in [3.05, 3.63) is 29.8 Å². The SMILES string of the molecule is CCCc1cccc(S(=O)(=O)O)c1.[H-].[Li+]. The molecule has 0 saturated heterocycles. The van der Waals surface area contributed by atoms with Gasteiger partial charge in [-0.15, -0.1) is 0 Å². The van der Waals surface area contributed by atoms with Crippen molar-refractivity contribution in [2.45, 2.75) is 24.7 Å². The van der Waals surface area contributed by atoms with E-state index in [0.717, 1.165) is 18.4 Å². The molecule has 1 rings (SSSR count). The molecular weight excluding hydrogens is 195 g/mol. The van der Waals surface area contributed by atoms with Crippen LogP contribution in [0, 0.1) is 0 Å². The van der Waals surface area contributed by atoms with Crippen LogP contribution in [0.4, 0.5) is 0 Å². The third-order valence-corrected chi connectivity index (χ3v) is 2.58. The quantitative estimate of drug-likeness (QED) is 0.512. The molecule has 1 N–H and O–H groups in total. The topological polar surface area (TPSA) is 54.4 Å². The maximum atomic E-state index is 10.7. The second kappa shape index (κ2) is 5.57. The summed E-state index contributed by atoms with van der Waals surface area (Å²) < 4.78 is 30.2. The van der Waals surface area contributed by atoms with Gasteiger partial charge in [0.25, 0.3) is 10.1 Å². The molecule has 0 aliphatic heterocycles. The summed E-state index contributed by atoms with van der Waals surface area (Å²) in [5, 5.41) is 0. The van der Waals surface area contributed by atoms with Gasteiger partial charge >= 0.3 is 18.9 Å². The number of benzene rings is 1. The largest absolute Gasteiger partial charge is 1.00 e. The van der Waals surface area contributed by atoms with Crippen LogP contribution in [-0.2, 0) is 16.5 Å². The van der Waals surface area contributed by atoms with Crippen molar-refractivity contribution in [2.24, 2.45) is 0 Å². The average Bonchev–Trinajstić information content (AvgIpc) is 2.04. The van der Waals surface area contributed by atoms with Crippen molar-refractivity contribution in [1.82, 2.24) is 0 Å².